The summed E-state index contributed by atoms with van der Waals surface area (Å²) in [4.78, 5) is 11.7. The Morgan fingerprint density at radius 3 is 2.62 bits per heavy atom. The molecule has 2 aromatic rings. The normalized spacial score (nSPS) is 17.6. The zero-order valence-electron chi connectivity index (χ0n) is 12.5. The van der Waals surface area contributed by atoms with E-state index in [0.29, 0.717) is 6.04 Å². The Bertz CT molecular complexity index is 564. The zero-order chi connectivity index (χ0) is 14.5. The van der Waals surface area contributed by atoms with Crippen LogP contribution >= 0.6 is 0 Å². The number of pyridine rings is 2. The summed E-state index contributed by atoms with van der Waals surface area (Å²) >= 11 is 0. The van der Waals surface area contributed by atoms with E-state index in [-0.39, 0.29) is 0 Å². The lowest BCUT2D eigenvalue weighted by Gasteiger charge is -2.35. The van der Waals surface area contributed by atoms with Gasteiger partial charge in [-0.3, -0.25) is 14.9 Å². The van der Waals surface area contributed by atoms with Crippen LogP contribution < -0.4 is 5.32 Å². The Labute approximate surface area is 126 Å². The molecule has 1 fully saturated rings. The Balaban J connectivity index is 1.89. The molecule has 1 saturated heterocycles. The maximum atomic E-state index is 4.66. The number of aromatic nitrogens is 2. The summed E-state index contributed by atoms with van der Waals surface area (Å²) in [5, 5.41) is 3.42. The highest BCUT2D eigenvalue weighted by molar-refractivity contribution is 5.23. The van der Waals surface area contributed by atoms with E-state index >= 15 is 0 Å². The molecule has 1 N–H and O–H groups in total. The third-order valence-electron chi connectivity index (χ3n) is 4.09. The number of hydrogen-bond donors (Lipinski definition) is 1. The van der Waals surface area contributed by atoms with Crippen molar-refractivity contribution < 1.29 is 0 Å². The van der Waals surface area contributed by atoms with Gasteiger partial charge in [0.1, 0.15) is 0 Å². The first kappa shape index (κ1) is 14.2. The molecule has 0 saturated carbocycles. The summed E-state index contributed by atoms with van der Waals surface area (Å²) in [5.74, 6) is 0. The van der Waals surface area contributed by atoms with Gasteiger partial charge in [0.05, 0.1) is 11.7 Å². The molecule has 0 aliphatic carbocycles. The van der Waals surface area contributed by atoms with Crippen molar-refractivity contribution in [2.24, 2.45) is 0 Å². The first-order valence-electron chi connectivity index (χ1n) is 7.61. The molecule has 3 heterocycles. The minimum absolute atomic E-state index is 0.309. The first-order valence-corrected chi connectivity index (χ1v) is 7.61. The third-order valence-corrected chi connectivity index (χ3v) is 4.09. The van der Waals surface area contributed by atoms with Crippen LogP contribution in [-0.4, -0.2) is 41.0 Å². The molecule has 4 heteroatoms. The van der Waals surface area contributed by atoms with E-state index in [1.807, 2.05) is 24.5 Å². The highest BCUT2D eigenvalue weighted by atomic mass is 15.2. The monoisotopic (exact) mass is 282 g/mol. The summed E-state index contributed by atoms with van der Waals surface area (Å²) in [6.45, 7) is 6.37. The Hall–Kier alpha value is -1.78. The smallest absolute Gasteiger partial charge is 0.0608 e. The van der Waals surface area contributed by atoms with Crippen molar-refractivity contribution in [1.29, 1.82) is 0 Å². The molecular formula is C17H22N4. The Morgan fingerprint density at radius 2 is 1.90 bits per heavy atom. The van der Waals surface area contributed by atoms with Crippen LogP contribution in [0.4, 0.5) is 0 Å². The lowest BCUT2D eigenvalue weighted by atomic mass is 10.0. The molecule has 1 atom stereocenters. The number of nitrogens with one attached hydrogen (secondary N) is 1. The van der Waals surface area contributed by atoms with Gasteiger partial charge in [-0.1, -0.05) is 12.1 Å². The molecule has 1 aliphatic rings. The quantitative estimate of drug-likeness (QED) is 0.931. The highest BCUT2D eigenvalue weighted by Gasteiger charge is 2.25. The van der Waals surface area contributed by atoms with Gasteiger partial charge in [0, 0.05) is 50.7 Å². The molecule has 21 heavy (non-hydrogen) atoms. The Morgan fingerprint density at radius 1 is 1.10 bits per heavy atom. The largest absolute Gasteiger partial charge is 0.314 e. The van der Waals surface area contributed by atoms with Gasteiger partial charge in [-0.2, -0.15) is 0 Å². The van der Waals surface area contributed by atoms with Gasteiger partial charge in [0.2, 0.25) is 0 Å². The third kappa shape index (κ3) is 3.46. The minimum Gasteiger partial charge on any atom is -0.314 e. The van der Waals surface area contributed by atoms with Gasteiger partial charge in [0.25, 0.3) is 0 Å². The average Bonchev–Trinajstić information content (AvgIpc) is 2.55. The van der Waals surface area contributed by atoms with Crippen LogP contribution in [0.1, 0.15) is 23.0 Å². The molecule has 3 rings (SSSR count). The molecule has 0 spiro atoms. The van der Waals surface area contributed by atoms with Gasteiger partial charge in [-0.25, -0.2) is 0 Å². The second kappa shape index (κ2) is 6.78. The summed E-state index contributed by atoms with van der Waals surface area (Å²) < 4.78 is 0. The standard InChI is InChI=1S/C17H22N4/c1-14-5-4-8-20-17(14)16(21-11-9-18-10-12-21)13-15-6-2-3-7-19-15/h2-8,16,18H,9-13H2,1H3. The van der Waals surface area contributed by atoms with Gasteiger partial charge in [-0.05, 0) is 30.7 Å². The van der Waals surface area contributed by atoms with Gasteiger partial charge in [-0.15, -0.1) is 0 Å². The number of piperazine rings is 1. The van der Waals surface area contributed by atoms with E-state index < -0.39 is 0 Å². The maximum Gasteiger partial charge on any atom is 0.0608 e. The predicted molar refractivity (Wildman–Crippen MR) is 84.1 cm³/mol. The molecule has 0 radical (unpaired) electrons. The topological polar surface area (TPSA) is 41.1 Å². The molecule has 2 aromatic heterocycles. The summed E-state index contributed by atoms with van der Waals surface area (Å²) in [5.41, 5.74) is 3.58. The van der Waals surface area contributed by atoms with Gasteiger partial charge < -0.3 is 5.32 Å². The zero-order valence-corrected chi connectivity index (χ0v) is 12.5. The maximum absolute atomic E-state index is 4.66. The molecule has 0 bridgehead atoms. The van der Waals surface area contributed by atoms with Crippen LogP contribution in [0.2, 0.25) is 0 Å². The van der Waals surface area contributed by atoms with Crippen molar-refractivity contribution >= 4 is 0 Å². The Kier molecular flexibility index (Phi) is 4.58. The van der Waals surface area contributed by atoms with Crippen molar-refractivity contribution in [2.75, 3.05) is 26.2 Å². The van der Waals surface area contributed by atoms with Crippen molar-refractivity contribution in [2.45, 2.75) is 19.4 Å². The summed E-state index contributed by atoms with van der Waals surface area (Å²) in [6.07, 6.45) is 4.68. The van der Waals surface area contributed by atoms with Crippen LogP contribution in [0.5, 0.6) is 0 Å². The van der Waals surface area contributed by atoms with E-state index in [1.54, 1.807) is 0 Å². The fraction of sp³-hybridized carbons (Fsp3) is 0.412. The van der Waals surface area contributed by atoms with Crippen molar-refractivity contribution in [1.82, 2.24) is 20.2 Å². The first-order chi connectivity index (χ1) is 10.3. The number of aryl methyl sites for hydroxylation is 1. The number of hydrogen-bond acceptors (Lipinski definition) is 4. The lowest BCUT2D eigenvalue weighted by Crippen LogP contribution is -2.46. The number of nitrogens with zero attached hydrogens (tertiary/aromatic N) is 3. The number of rotatable bonds is 4. The molecule has 110 valence electrons. The molecule has 0 amide bonds. The minimum atomic E-state index is 0.309. The lowest BCUT2D eigenvalue weighted by molar-refractivity contribution is 0.168. The van der Waals surface area contributed by atoms with Crippen LogP contribution in [-0.2, 0) is 6.42 Å². The van der Waals surface area contributed by atoms with E-state index in [4.69, 9.17) is 0 Å². The van der Waals surface area contributed by atoms with E-state index in [0.717, 1.165) is 38.3 Å². The molecule has 4 nitrogen and oxygen atoms in total. The highest BCUT2D eigenvalue weighted by Crippen LogP contribution is 2.25. The average molecular weight is 282 g/mol. The molecule has 0 aromatic carbocycles. The van der Waals surface area contributed by atoms with Crippen molar-refractivity contribution in [3.05, 3.63) is 59.7 Å². The fourth-order valence-corrected chi connectivity index (χ4v) is 2.96. The van der Waals surface area contributed by atoms with E-state index in [1.165, 1.54) is 11.3 Å². The van der Waals surface area contributed by atoms with Crippen LogP contribution in [0.15, 0.2) is 42.7 Å². The fourth-order valence-electron chi connectivity index (χ4n) is 2.96. The summed E-state index contributed by atoms with van der Waals surface area (Å²) in [6, 6.07) is 10.6. The SMILES string of the molecule is Cc1cccnc1C(Cc1ccccn1)N1CCNCC1. The predicted octanol–water partition coefficient (Wildman–Crippen LogP) is 1.97. The molecule has 1 aliphatic heterocycles. The van der Waals surface area contributed by atoms with Crippen molar-refractivity contribution in [3.63, 3.8) is 0 Å². The second-order valence-electron chi connectivity index (χ2n) is 5.53. The second-order valence-corrected chi connectivity index (χ2v) is 5.53. The van der Waals surface area contributed by atoms with Crippen LogP contribution in [0.3, 0.4) is 0 Å². The van der Waals surface area contributed by atoms with E-state index in [2.05, 4.69) is 45.3 Å². The van der Waals surface area contributed by atoms with Crippen LogP contribution in [0, 0.1) is 6.92 Å². The van der Waals surface area contributed by atoms with E-state index in [9.17, 15) is 0 Å². The van der Waals surface area contributed by atoms with Crippen LogP contribution in [0.25, 0.3) is 0 Å². The molecular weight excluding hydrogens is 260 g/mol. The summed E-state index contributed by atoms with van der Waals surface area (Å²) in [7, 11) is 0. The molecule has 1 unspecified atom stereocenters. The van der Waals surface area contributed by atoms with Gasteiger partial charge >= 0.3 is 0 Å². The van der Waals surface area contributed by atoms with Crippen molar-refractivity contribution in [3.8, 4) is 0 Å². The van der Waals surface area contributed by atoms with Gasteiger partial charge in [0.15, 0.2) is 0 Å².